The van der Waals surface area contributed by atoms with Crippen LogP contribution in [-0.4, -0.2) is 168 Å². The number of hydrogen-bond donors (Lipinski definition) is 3. The minimum atomic E-state index is -0.180. The van der Waals surface area contributed by atoms with Crippen molar-refractivity contribution in [2.75, 3.05) is 77.5 Å². The van der Waals surface area contributed by atoms with Gasteiger partial charge in [-0.25, -0.2) is 28.5 Å². The zero-order valence-corrected chi connectivity index (χ0v) is 54.8. The summed E-state index contributed by atoms with van der Waals surface area (Å²) in [6.07, 6.45) is 22.9. The van der Waals surface area contributed by atoms with Gasteiger partial charge in [0.25, 0.3) is 0 Å². The van der Waals surface area contributed by atoms with Crippen LogP contribution < -0.4 is 15.1 Å². The maximum absolute atomic E-state index is 9.97. The Labute approximate surface area is 529 Å². The van der Waals surface area contributed by atoms with E-state index >= 15 is 0 Å². The Morgan fingerprint density at radius 3 is 1.19 bits per heavy atom. The van der Waals surface area contributed by atoms with Crippen molar-refractivity contribution >= 4 is 34.4 Å². The van der Waals surface area contributed by atoms with Crippen LogP contribution >= 0.6 is 0 Å². The highest BCUT2D eigenvalue weighted by Gasteiger charge is 2.30. The fraction of sp³-hybridized carbons (Fsp3) is 0.522. The Balaban J connectivity index is 0.000000149. The van der Waals surface area contributed by atoms with Gasteiger partial charge in [-0.05, 0) is 190 Å². The summed E-state index contributed by atoms with van der Waals surface area (Å²) >= 11 is 0. The molecule has 3 saturated carbocycles. The van der Waals surface area contributed by atoms with Crippen LogP contribution in [0, 0.1) is 20.8 Å². The number of rotatable bonds is 19. The summed E-state index contributed by atoms with van der Waals surface area (Å²) in [7, 11) is 10.9. The molecule has 3 aliphatic carbocycles. The van der Waals surface area contributed by atoms with E-state index in [4.69, 9.17) is 39.2 Å². The summed E-state index contributed by atoms with van der Waals surface area (Å²) in [6, 6.07) is 19.7. The van der Waals surface area contributed by atoms with E-state index in [1.807, 2.05) is 108 Å². The fourth-order valence-electron chi connectivity index (χ4n) is 13.1. The largest absolute Gasteiger partial charge is 0.393 e. The first kappa shape index (κ1) is 65.4. The molecule has 0 aliphatic heterocycles. The van der Waals surface area contributed by atoms with Crippen LogP contribution in [0.5, 0.6) is 0 Å². The van der Waals surface area contributed by atoms with Crippen LogP contribution in [0.1, 0.15) is 150 Å². The minimum absolute atomic E-state index is 0.114. The molecule has 3 aliphatic rings. The van der Waals surface area contributed by atoms with E-state index in [0.717, 1.165) is 144 Å². The molecule has 0 spiro atoms. The van der Waals surface area contributed by atoms with E-state index in [1.54, 1.807) is 21.3 Å². The topological polar surface area (TPSA) is 225 Å². The first-order valence-corrected chi connectivity index (χ1v) is 32.1. The first-order chi connectivity index (χ1) is 43.5. The van der Waals surface area contributed by atoms with Crippen molar-refractivity contribution in [1.82, 2.24) is 58.7 Å². The third kappa shape index (κ3) is 15.3. The Morgan fingerprint density at radius 1 is 0.478 bits per heavy atom. The molecule has 12 rings (SSSR count). The lowest BCUT2D eigenvalue weighted by Crippen LogP contribution is -2.34. The van der Waals surface area contributed by atoms with Crippen molar-refractivity contribution in [3.05, 3.63) is 126 Å². The summed E-state index contributed by atoms with van der Waals surface area (Å²) < 4.78 is 27.6. The molecule has 480 valence electrons. The van der Waals surface area contributed by atoms with Gasteiger partial charge in [0.2, 0.25) is 17.8 Å². The van der Waals surface area contributed by atoms with Crippen molar-refractivity contribution < 1.29 is 29.2 Å². The van der Waals surface area contributed by atoms with Crippen molar-refractivity contribution in [3.8, 4) is 33.4 Å². The molecule has 0 amide bonds. The molecule has 9 aromatic rings. The highest BCUT2D eigenvalue weighted by Crippen LogP contribution is 2.41. The third-order valence-electron chi connectivity index (χ3n) is 18.5. The second-order valence-electron chi connectivity index (χ2n) is 25.1. The second-order valence-corrected chi connectivity index (χ2v) is 25.1. The first-order valence-electron chi connectivity index (χ1n) is 32.1. The maximum atomic E-state index is 9.97. The van der Waals surface area contributed by atoms with Crippen LogP contribution in [0.2, 0.25) is 0 Å². The molecule has 3 atom stereocenters. The summed E-state index contributed by atoms with van der Waals surface area (Å²) in [5.74, 6) is 3.19. The van der Waals surface area contributed by atoms with Gasteiger partial charge < -0.3 is 44.3 Å². The van der Waals surface area contributed by atoms with E-state index in [9.17, 15) is 10.2 Å². The lowest BCUT2D eigenvalue weighted by atomic mass is 9.85. The zero-order valence-electron chi connectivity index (χ0n) is 54.8. The fourth-order valence-corrected chi connectivity index (χ4v) is 13.1. The molecule has 0 saturated heterocycles. The Kier molecular flexibility index (Phi) is 21.9. The van der Waals surface area contributed by atoms with Crippen LogP contribution in [0.25, 0.3) is 49.9 Å². The van der Waals surface area contributed by atoms with Gasteiger partial charge >= 0.3 is 0 Å². The molecule has 21 heteroatoms. The summed E-state index contributed by atoms with van der Waals surface area (Å²) in [5, 5.41) is 38.0. The molecular weight excluding hydrogens is 1130 g/mol. The average Bonchev–Trinajstić information content (AvgIpc) is 2.47. The molecule has 3 N–H and O–H groups in total. The molecule has 0 radical (unpaired) electrons. The van der Waals surface area contributed by atoms with Gasteiger partial charge in [-0.15, -0.1) is 15.3 Å². The number of likely N-dealkylation sites (N-methyl/N-ethyl adjacent to an activating group) is 2. The van der Waals surface area contributed by atoms with Gasteiger partial charge in [0, 0.05) is 136 Å². The summed E-state index contributed by atoms with van der Waals surface area (Å²) in [5.41, 5.74) is 16.4. The number of fused-ring (bicyclic) bond motifs is 3. The quantitative estimate of drug-likeness (QED) is 0.0684. The molecule has 0 unspecified atom stereocenters. The molecular formula is C69H93N15O6. The number of ether oxygens (including phenoxy) is 4. The lowest BCUT2D eigenvalue weighted by Gasteiger charge is -2.28. The van der Waals surface area contributed by atoms with E-state index in [-0.39, 0.29) is 30.3 Å². The van der Waals surface area contributed by atoms with Crippen molar-refractivity contribution in [1.29, 1.82) is 0 Å². The molecule has 21 nitrogen and oxygen atoms in total. The number of nitrogens with one attached hydrogen (secondary N) is 1. The van der Waals surface area contributed by atoms with Crippen molar-refractivity contribution in [2.24, 2.45) is 0 Å². The van der Waals surface area contributed by atoms with Gasteiger partial charge in [-0.3, -0.25) is 15.0 Å². The van der Waals surface area contributed by atoms with Crippen LogP contribution in [0.4, 0.5) is 17.8 Å². The molecule has 0 bridgehead atoms. The van der Waals surface area contributed by atoms with Gasteiger partial charge in [-0.2, -0.15) is 0 Å². The van der Waals surface area contributed by atoms with Gasteiger partial charge in [-0.1, -0.05) is 0 Å². The number of aromatic nitrogens is 12. The number of aryl methyl sites for hydroxylation is 3. The van der Waals surface area contributed by atoms with E-state index in [0.29, 0.717) is 61.5 Å². The zero-order chi connectivity index (χ0) is 63.6. The van der Waals surface area contributed by atoms with Crippen molar-refractivity contribution in [3.63, 3.8) is 0 Å². The Bertz CT molecular complexity index is 3790. The number of hydrogen-bond acceptors (Lipinski definition) is 18. The van der Waals surface area contributed by atoms with Crippen LogP contribution in [0.3, 0.4) is 0 Å². The van der Waals surface area contributed by atoms with Crippen molar-refractivity contribution in [2.45, 2.75) is 173 Å². The maximum Gasteiger partial charge on any atom is 0.243 e. The van der Waals surface area contributed by atoms with Gasteiger partial charge in [0.1, 0.15) is 0 Å². The van der Waals surface area contributed by atoms with E-state index in [1.165, 1.54) is 17.1 Å². The monoisotopic (exact) mass is 1230 g/mol. The standard InChI is InChI=1S/C24H33N5O2.C23H31N5O2.C22H29N5O2/c1-16-12-19(10-11-25-16)21-13-22(18-6-8-20(31-5)9-7-18)29-23(21)14-26-24(27-29)28(3)17(2)15-30-4;1-15-11-18(9-10-24-15)20-12-21(17-5-7-19(29)8-6-17)28-22(20)13-25-23(26-28)27(3)16(2)14-30-4;1-14-10-17(8-9-23-14)19-11-20(16-4-6-18(28)7-5-16)27-21(19)12-24-22(26-27)25-15(2)13-29-3/h10-14,17-18,20H,6-9,15H2,1-5H3;9-13,16-17,19,29H,5-8,14H2,1-4H3;8-12,15-16,18,28H,4-7,13H2,1-3H3,(H,25,26)/t17-,18?,20?;16-,17?,19?;15-,16?,18?/m000/s1. The predicted molar refractivity (Wildman–Crippen MR) is 354 cm³/mol. The second kappa shape index (κ2) is 30.1. The van der Waals surface area contributed by atoms with E-state index < -0.39 is 0 Å². The molecule has 9 aromatic heterocycles. The minimum Gasteiger partial charge on any atom is -0.393 e. The summed E-state index contributed by atoms with van der Waals surface area (Å²) in [6.45, 7) is 14.1. The van der Waals surface area contributed by atoms with Gasteiger partial charge in [0.05, 0.1) is 85.4 Å². The Hall–Kier alpha value is -7.53. The van der Waals surface area contributed by atoms with Crippen LogP contribution in [0.15, 0.2) is 91.8 Å². The SMILES string of the molecule is COC[C@H](C)N(C)c1ncc2c(-c3ccnc(C)c3)cc(C3CCC(O)CC3)n2n1.COC[C@H](C)N(C)c1ncc2c(-c3ccnc(C)c3)cc(C3CCC(OC)CC3)n2n1.COC[C@H](C)Nc1ncc2c(-c3ccnc(C)c3)cc(C3CCC(O)CC3)n2n1. The van der Waals surface area contributed by atoms with Crippen LogP contribution in [-0.2, 0) is 18.9 Å². The number of anilines is 3. The number of methoxy groups -OCH3 is 4. The number of aliphatic hydroxyl groups excluding tert-OH is 2. The normalized spacial score (nSPS) is 20.4. The molecule has 90 heavy (non-hydrogen) atoms. The predicted octanol–water partition coefficient (Wildman–Crippen LogP) is 11.4. The smallest absolute Gasteiger partial charge is 0.243 e. The number of nitrogens with zero attached hydrogens (tertiary/aromatic N) is 14. The highest BCUT2D eigenvalue weighted by atomic mass is 16.5. The molecule has 3 fully saturated rings. The number of pyridine rings is 3. The van der Waals surface area contributed by atoms with E-state index in [2.05, 4.69) is 100 Å². The Morgan fingerprint density at radius 2 is 0.833 bits per heavy atom. The number of aliphatic hydroxyl groups is 2. The van der Waals surface area contributed by atoms with Gasteiger partial charge in [0.15, 0.2) is 0 Å². The third-order valence-corrected chi connectivity index (χ3v) is 18.5. The lowest BCUT2D eigenvalue weighted by molar-refractivity contribution is 0.0653. The average molecular weight is 1230 g/mol. The summed E-state index contributed by atoms with van der Waals surface area (Å²) in [4.78, 5) is 31.1. The molecule has 0 aromatic carbocycles. The highest BCUT2D eigenvalue weighted by molar-refractivity contribution is 5.83. The molecule has 9 heterocycles.